The number of anilines is 4. The van der Waals surface area contributed by atoms with Crippen molar-refractivity contribution >= 4 is 83.9 Å². The van der Waals surface area contributed by atoms with Crippen LogP contribution >= 0.6 is 11.3 Å². The molecule has 5 aromatic rings. The summed E-state index contributed by atoms with van der Waals surface area (Å²) in [6.07, 6.45) is 3.12. The molecule has 2 fully saturated rings. The maximum absolute atomic E-state index is 13.6. The van der Waals surface area contributed by atoms with Crippen molar-refractivity contribution in [2.24, 2.45) is 0 Å². The van der Waals surface area contributed by atoms with Gasteiger partial charge in [-0.2, -0.15) is 0 Å². The highest BCUT2D eigenvalue weighted by Crippen LogP contribution is 2.34. The number of nitrogens with one attached hydrogen (secondary N) is 3. The molecule has 2 saturated heterocycles. The van der Waals surface area contributed by atoms with Crippen molar-refractivity contribution in [2.45, 2.75) is 49.5 Å². The zero-order valence-corrected chi connectivity index (χ0v) is 35.5. The fraction of sp³-hybridized carbons (Fsp3) is 0.318. The van der Waals surface area contributed by atoms with Crippen LogP contribution in [0.5, 0.6) is 0 Å². The molecule has 3 aliphatic rings. The van der Waals surface area contributed by atoms with E-state index in [4.69, 9.17) is 0 Å². The van der Waals surface area contributed by atoms with E-state index in [1.165, 1.54) is 11.3 Å². The SMILES string of the molecule is CN(C)c1cccc2c(S(=O)(=O)Nc3cccc(-c4csc(NC(=O)CCCCCN5CCN(c6ccc7c(c6)C(=O)N(C6CCC(=O)NC6=O)C7=O)CC5)n4)c3)cccc12. The van der Waals surface area contributed by atoms with Crippen LogP contribution in [0.15, 0.2) is 89.1 Å². The van der Waals surface area contributed by atoms with Gasteiger partial charge in [-0.15, -0.1) is 11.3 Å². The van der Waals surface area contributed by atoms with Crippen LogP contribution in [0.25, 0.3) is 22.0 Å². The van der Waals surface area contributed by atoms with Crippen LogP contribution in [0.3, 0.4) is 0 Å². The molecule has 61 heavy (non-hydrogen) atoms. The molecule has 3 aliphatic heterocycles. The fourth-order valence-electron chi connectivity index (χ4n) is 8.17. The summed E-state index contributed by atoms with van der Waals surface area (Å²) < 4.78 is 30.0. The lowest BCUT2D eigenvalue weighted by Gasteiger charge is -2.36. The second-order valence-electron chi connectivity index (χ2n) is 15.6. The molecule has 0 saturated carbocycles. The quantitative estimate of drug-likeness (QED) is 0.0941. The molecular weight excluding hydrogens is 817 g/mol. The molecule has 3 N–H and O–H groups in total. The lowest BCUT2D eigenvalue weighted by atomic mass is 10.0. The average Bonchev–Trinajstić information content (AvgIpc) is 3.81. The second-order valence-corrected chi connectivity index (χ2v) is 18.1. The zero-order valence-electron chi connectivity index (χ0n) is 33.8. The lowest BCUT2D eigenvalue weighted by Crippen LogP contribution is -2.54. The first kappa shape index (κ1) is 41.6. The Morgan fingerprint density at radius 1 is 0.869 bits per heavy atom. The van der Waals surface area contributed by atoms with Gasteiger partial charge in [-0.3, -0.25) is 43.8 Å². The molecule has 4 heterocycles. The first-order valence-electron chi connectivity index (χ1n) is 20.3. The summed E-state index contributed by atoms with van der Waals surface area (Å²) in [7, 11) is -0.0758. The standard InChI is InChI=1S/C44H46N8O7S2/c1-49(2)36-13-7-12-32-31(36)11-8-14-38(32)61(58,59)48-29-10-6-9-28(25-29)35-27-60-44(45-35)47-39(53)15-4-3-5-20-50-21-23-51(24-22-50)30-16-17-33-34(26-30)43(57)52(42(33)56)37-18-19-40(54)46-41(37)55/h6-14,16-17,25-27,37,48H,3-5,15,18-24H2,1-2H3,(H,45,47,53)(H,46,54,55). The smallest absolute Gasteiger partial charge is 0.262 e. The topological polar surface area (TPSA) is 181 Å². The molecule has 0 spiro atoms. The van der Waals surface area contributed by atoms with Gasteiger partial charge in [0.15, 0.2) is 5.13 Å². The number of hydrogen-bond acceptors (Lipinski definition) is 12. The summed E-state index contributed by atoms with van der Waals surface area (Å²) in [5.74, 6) is -2.17. The minimum absolute atomic E-state index is 0.0759. The third-order valence-corrected chi connectivity index (χ3v) is 13.5. The maximum atomic E-state index is 13.6. The fourth-order valence-corrected chi connectivity index (χ4v) is 10.2. The van der Waals surface area contributed by atoms with E-state index < -0.39 is 39.7 Å². The van der Waals surface area contributed by atoms with Crippen molar-refractivity contribution in [1.82, 2.24) is 20.1 Å². The minimum atomic E-state index is -3.92. The van der Waals surface area contributed by atoms with Crippen LogP contribution in [-0.2, 0) is 24.4 Å². The number of piperazine rings is 1. The van der Waals surface area contributed by atoms with Gasteiger partial charge in [0.05, 0.1) is 21.7 Å². The Morgan fingerprint density at radius 2 is 1.62 bits per heavy atom. The van der Waals surface area contributed by atoms with Crippen LogP contribution in [0.1, 0.15) is 59.2 Å². The van der Waals surface area contributed by atoms with E-state index in [9.17, 15) is 32.4 Å². The van der Waals surface area contributed by atoms with Gasteiger partial charge >= 0.3 is 0 Å². The van der Waals surface area contributed by atoms with Gasteiger partial charge < -0.3 is 15.1 Å². The van der Waals surface area contributed by atoms with Gasteiger partial charge in [-0.25, -0.2) is 13.4 Å². The van der Waals surface area contributed by atoms with Gasteiger partial charge in [0, 0.05) is 91.9 Å². The molecule has 17 heteroatoms. The Bertz CT molecular complexity index is 2660. The normalized spacial score (nSPS) is 17.1. The highest BCUT2D eigenvalue weighted by atomic mass is 32.2. The minimum Gasteiger partial charge on any atom is -0.377 e. The molecule has 0 aliphatic carbocycles. The van der Waals surface area contributed by atoms with Crippen LogP contribution in [0.4, 0.5) is 22.2 Å². The van der Waals surface area contributed by atoms with Crippen molar-refractivity contribution in [3.05, 3.63) is 95.4 Å². The maximum Gasteiger partial charge on any atom is 0.262 e. The number of amides is 5. The average molecular weight is 863 g/mol. The van der Waals surface area contributed by atoms with Crippen molar-refractivity contribution in [1.29, 1.82) is 0 Å². The van der Waals surface area contributed by atoms with Gasteiger partial charge in [-0.1, -0.05) is 42.8 Å². The summed E-state index contributed by atoms with van der Waals surface area (Å²) >= 11 is 1.31. The summed E-state index contributed by atoms with van der Waals surface area (Å²) in [4.78, 5) is 75.5. The second kappa shape index (κ2) is 17.4. The summed E-state index contributed by atoms with van der Waals surface area (Å²) in [5.41, 5.74) is 4.05. The van der Waals surface area contributed by atoms with E-state index in [1.807, 2.05) is 60.8 Å². The van der Waals surface area contributed by atoms with E-state index in [-0.39, 0.29) is 34.8 Å². The number of unbranched alkanes of at least 4 members (excludes halogenated alkanes) is 2. The Hall–Kier alpha value is -6.17. The first-order valence-corrected chi connectivity index (χ1v) is 22.6. The van der Waals surface area contributed by atoms with E-state index in [2.05, 4.69) is 30.1 Å². The Labute approximate surface area is 357 Å². The Balaban J connectivity index is 0.770. The number of carbonyl (C=O) groups excluding carboxylic acids is 5. The summed E-state index contributed by atoms with van der Waals surface area (Å²) in [5, 5.41) is 8.91. The van der Waals surface area contributed by atoms with Crippen molar-refractivity contribution in [3.63, 3.8) is 0 Å². The molecule has 4 aromatic carbocycles. The number of piperidine rings is 1. The van der Waals surface area contributed by atoms with E-state index in [1.54, 1.807) is 42.5 Å². The van der Waals surface area contributed by atoms with Crippen LogP contribution < -0.4 is 25.2 Å². The predicted octanol–water partition coefficient (Wildman–Crippen LogP) is 5.55. The van der Waals surface area contributed by atoms with E-state index in [0.717, 1.165) is 73.6 Å². The molecule has 0 bridgehead atoms. The van der Waals surface area contributed by atoms with Gasteiger partial charge in [0.2, 0.25) is 17.7 Å². The predicted molar refractivity (Wildman–Crippen MR) is 235 cm³/mol. The molecule has 1 atom stereocenters. The third-order valence-electron chi connectivity index (χ3n) is 11.3. The Kier molecular flexibility index (Phi) is 11.9. The molecular formula is C44H46N8O7S2. The van der Waals surface area contributed by atoms with Gasteiger partial charge in [-0.05, 0) is 68.3 Å². The van der Waals surface area contributed by atoms with E-state index in [0.29, 0.717) is 33.9 Å². The number of imide groups is 2. The summed E-state index contributed by atoms with van der Waals surface area (Å²) in [6, 6.07) is 22.1. The molecule has 8 rings (SSSR count). The number of fused-ring (bicyclic) bond motifs is 2. The molecule has 1 aromatic heterocycles. The zero-order chi connectivity index (χ0) is 42.8. The number of carbonyl (C=O) groups is 5. The molecule has 5 amide bonds. The summed E-state index contributed by atoms with van der Waals surface area (Å²) in [6.45, 7) is 4.06. The number of sulfonamides is 1. The molecule has 1 unspecified atom stereocenters. The van der Waals surface area contributed by atoms with Crippen molar-refractivity contribution in [2.75, 3.05) is 66.7 Å². The first-order chi connectivity index (χ1) is 29.4. The number of aromatic nitrogens is 1. The number of benzene rings is 4. The number of nitrogens with zero attached hydrogens (tertiary/aromatic N) is 5. The highest BCUT2D eigenvalue weighted by molar-refractivity contribution is 7.93. The van der Waals surface area contributed by atoms with Gasteiger partial charge in [0.1, 0.15) is 6.04 Å². The molecule has 15 nitrogen and oxygen atoms in total. The molecule has 316 valence electrons. The van der Waals surface area contributed by atoms with Crippen molar-refractivity contribution < 1.29 is 32.4 Å². The highest BCUT2D eigenvalue weighted by Gasteiger charge is 2.44. The molecule has 0 radical (unpaired) electrons. The van der Waals surface area contributed by atoms with Crippen LogP contribution in [0, 0.1) is 0 Å². The van der Waals surface area contributed by atoms with Crippen LogP contribution in [-0.4, -0.2) is 106 Å². The Morgan fingerprint density at radius 3 is 2.41 bits per heavy atom. The third kappa shape index (κ3) is 8.85. The number of rotatable bonds is 14. The largest absolute Gasteiger partial charge is 0.377 e. The van der Waals surface area contributed by atoms with Crippen molar-refractivity contribution in [3.8, 4) is 11.3 Å². The monoisotopic (exact) mass is 862 g/mol. The number of thiazole rings is 1. The van der Waals surface area contributed by atoms with Crippen LogP contribution in [0.2, 0.25) is 0 Å². The van der Waals surface area contributed by atoms with E-state index >= 15 is 0 Å². The van der Waals surface area contributed by atoms with Gasteiger partial charge in [0.25, 0.3) is 21.8 Å². The number of hydrogen-bond donors (Lipinski definition) is 3. The lowest BCUT2D eigenvalue weighted by molar-refractivity contribution is -0.136.